The van der Waals surface area contributed by atoms with Gasteiger partial charge < -0.3 is 14.2 Å². The number of hydrogen-bond donors (Lipinski definition) is 0. The molecule has 0 spiro atoms. The van der Waals surface area contributed by atoms with Crippen molar-refractivity contribution in [3.8, 4) is 5.75 Å². The molecule has 0 saturated carbocycles. The fourth-order valence-electron chi connectivity index (χ4n) is 4.44. The van der Waals surface area contributed by atoms with Crippen LogP contribution in [-0.2, 0) is 20.1 Å². The van der Waals surface area contributed by atoms with Gasteiger partial charge in [-0.2, -0.15) is 4.98 Å². The van der Waals surface area contributed by atoms with Crippen molar-refractivity contribution in [2.75, 3.05) is 18.6 Å². The number of benzene rings is 1. The summed E-state index contributed by atoms with van der Waals surface area (Å²) in [5.74, 6) is 1.72. The Hall–Kier alpha value is -3.03. The summed E-state index contributed by atoms with van der Waals surface area (Å²) in [6, 6.07) is 6.04. The van der Waals surface area contributed by atoms with Crippen molar-refractivity contribution in [1.29, 1.82) is 0 Å². The SMILES string of the molecule is CCCCCn1c(=O)c2c(nc3n2C[C@@H](C)CN3c2cc(C)ccc2OC)n(C)c1=O. The maximum atomic E-state index is 13.4. The molecule has 0 aliphatic carbocycles. The molecule has 1 aliphatic rings. The van der Waals surface area contributed by atoms with E-state index in [-0.39, 0.29) is 11.2 Å². The summed E-state index contributed by atoms with van der Waals surface area (Å²) in [5, 5.41) is 0. The summed E-state index contributed by atoms with van der Waals surface area (Å²) >= 11 is 0. The van der Waals surface area contributed by atoms with Crippen molar-refractivity contribution in [2.45, 2.75) is 53.1 Å². The Morgan fingerprint density at radius 2 is 1.97 bits per heavy atom. The molecule has 8 nitrogen and oxygen atoms in total. The molecule has 4 rings (SSSR count). The number of fused-ring (bicyclic) bond motifs is 3. The average molecular weight is 426 g/mol. The van der Waals surface area contributed by atoms with Gasteiger partial charge in [0.05, 0.1) is 12.8 Å². The van der Waals surface area contributed by atoms with Crippen LogP contribution in [0.1, 0.15) is 38.7 Å². The number of methoxy groups -OCH3 is 1. The van der Waals surface area contributed by atoms with Gasteiger partial charge in [0.1, 0.15) is 5.75 Å². The Morgan fingerprint density at radius 1 is 1.19 bits per heavy atom. The summed E-state index contributed by atoms with van der Waals surface area (Å²) in [7, 11) is 3.35. The molecule has 0 saturated heterocycles. The second-order valence-corrected chi connectivity index (χ2v) is 8.59. The monoisotopic (exact) mass is 425 g/mol. The number of aryl methyl sites for hydroxylation is 2. The summed E-state index contributed by atoms with van der Waals surface area (Å²) in [4.78, 5) is 33.2. The largest absolute Gasteiger partial charge is 0.495 e. The van der Waals surface area contributed by atoms with Gasteiger partial charge in [0.2, 0.25) is 5.95 Å². The van der Waals surface area contributed by atoms with Crippen molar-refractivity contribution >= 4 is 22.8 Å². The van der Waals surface area contributed by atoms with E-state index in [9.17, 15) is 9.59 Å². The van der Waals surface area contributed by atoms with Crippen LogP contribution in [0.25, 0.3) is 11.2 Å². The topological polar surface area (TPSA) is 74.3 Å². The van der Waals surface area contributed by atoms with Crippen molar-refractivity contribution in [1.82, 2.24) is 18.7 Å². The van der Waals surface area contributed by atoms with E-state index in [4.69, 9.17) is 9.72 Å². The van der Waals surface area contributed by atoms with Gasteiger partial charge in [0, 0.05) is 26.7 Å². The van der Waals surface area contributed by atoms with Crippen molar-refractivity contribution in [2.24, 2.45) is 13.0 Å². The van der Waals surface area contributed by atoms with Crippen LogP contribution < -0.4 is 20.9 Å². The predicted molar refractivity (Wildman–Crippen MR) is 123 cm³/mol. The highest BCUT2D eigenvalue weighted by Gasteiger charge is 2.31. The summed E-state index contributed by atoms with van der Waals surface area (Å²) in [6.07, 6.45) is 2.82. The van der Waals surface area contributed by atoms with E-state index in [1.54, 1.807) is 14.2 Å². The first-order valence-electron chi connectivity index (χ1n) is 11.0. The van der Waals surface area contributed by atoms with Crippen LogP contribution in [-0.4, -0.2) is 32.3 Å². The Bertz CT molecular complexity index is 1240. The number of imidazole rings is 1. The van der Waals surface area contributed by atoms with Crippen LogP contribution >= 0.6 is 0 Å². The molecule has 166 valence electrons. The Labute approximate surface area is 181 Å². The second-order valence-electron chi connectivity index (χ2n) is 8.59. The summed E-state index contributed by atoms with van der Waals surface area (Å²) in [6.45, 7) is 8.16. The lowest BCUT2D eigenvalue weighted by Gasteiger charge is -2.33. The molecular formula is C23H31N5O3. The number of hydrogen-bond acceptors (Lipinski definition) is 5. The highest BCUT2D eigenvalue weighted by molar-refractivity contribution is 5.78. The molecular weight excluding hydrogens is 394 g/mol. The van der Waals surface area contributed by atoms with Crippen LogP contribution in [0.5, 0.6) is 5.75 Å². The maximum Gasteiger partial charge on any atom is 0.332 e. The highest BCUT2D eigenvalue weighted by Crippen LogP contribution is 2.38. The van der Waals surface area contributed by atoms with E-state index in [0.717, 1.165) is 42.8 Å². The average Bonchev–Trinajstić information content (AvgIpc) is 3.13. The number of unbranched alkanes of at least 4 members (excludes halogenated alkanes) is 2. The van der Waals surface area contributed by atoms with Crippen LogP contribution in [0, 0.1) is 12.8 Å². The standard InChI is InChI=1S/C23H31N5O3/c1-6-7-8-11-26-21(29)19-20(25(4)23(26)30)24-22-27(13-16(3)14-28(19)22)17-12-15(2)9-10-18(17)31-5/h9-10,12,16H,6-8,11,13-14H2,1-5H3/t16-/m0/s1. The number of aromatic nitrogens is 4. The Balaban J connectivity index is 1.95. The van der Waals surface area contributed by atoms with Gasteiger partial charge in [0.25, 0.3) is 5.56 Å². The number of ether oxygens (including phenoxy) is 1. The van der Waals surface area contributed by atoms with E-state index < -0.39 is 0 Å². The minimum atomic E-state index is -0.309. The van der Waals surface area contributed by atoms with Gasteiger partial charge in [-0.05, 0) is 37.0 Å². The zero-order chi connectivity index (χ0) is 22.3. The smallest absolute Gasteiger partial charge is 0.332 e. The van der Waals surface area contributed by atoms with E-state index in [0.29, 0.717) is 36.1 Å². The third-order valence-corrected chi connectivity index (χ3v) is 6.05. The van der Waals surface area contributed by atoms with Gasteiger partial charge in [-0.15, -0.1) is 0 Å². The molecule has 0 radical (unpaired) electrons. The fraction of sp³-hybridized carbons (Fsp3) is 0.522. The molecule has 0 unspecified atom stereocenters. The van der Waals surface area contributed by atoms with Crippen molar-refractivity contribution in [3.63, 3.8) is 0 Å². The van der Waals surface area contributed by atoms with Crippen LogP contribution in [0.15, 0.2) is 27.8 Å². The molecule has 31 heavy (non-hydrogen) atoms. The zero-order valence-electron chi connectivity index (χ0n) is 19.0. The summed E-state index contributed by atoms with van der Waals surface area (Å²) < 4.78 is 10.5. The summed E-state index contributed by atoms with van der Waals surface area (Å²) in [5.41, 5.74) is 2.40. The molecule has 1 aromatic carbocycles. The quantitative estimate of drug-likeness (QED) is 0.567. The molecule has 0 fully saturated rings. The Kier molecular flexibility index (Phi) is 5.64. The minimum absolute atomic E-state index is 0.252. The molecule has 0 bridgehead atoms. The normalized spacial score (nSPS) is 16.0. The lowest BCUT2D eigenvalue weighted by molar-refractivity contribution is 0.409. The minimum Gasteiger partial charge on any atom is -0.495 e. The van der Waals surface area contributed by atoms with E-state index in [1.807, 2.05) is 23.6 Å². The predicted octanol–water partition coefficient (Wildman–Crippen LogP) is 3.19. The first-order chi connectivity index (χ1) is 14.9. The van der Waals surface area contributed by atoms with E-state index in [2.05, 4.69) is 24.8 Å². The Morgan fingerprint density at radius 3 is 2.68 bits per heavy atom. The highest BCUT2D eigenvalue weighted by atomic mass is 16.5. The fourth-order valence-corrected chi connectivity index (χ4v) is 4.44. The van der Waals surface area contributed by atoms with Crippen LogP contribution in [0.2, 0.25) is 0 Å². The third kappa shape index (κ3) is 3.54. The molecule has 3 aromatic rings. The van der Waals surface area contributed by atoms with Gasteiger partial charge in [0.15, 0.2) is 11.2 Å². The molecule has 2 aromatic heterocycles. The van der Waals surface area contributed by atoms with Crippen molar-refractivity contribution < 1.29 is 4.74 Å². The number of anilines is 2. The number of nitrogens with zero attached hydrogens (tertiary/aromatic N) is 5. The molecule has 1 aliphatic heterocycles. The third-order valence-electron chi connectivity index (χ3n) is 6.05. The lowest BCUT2D eigenvalue weighted by Crippen LogP contribution is -2.40. The number of rotatable bonds is 6. The molecule has 0 amide bonds. The van der Waals surface area contributed by atoms with Gasteiger partial charge in [-0.1, -0.05) is 32.8 Å². The molecule has 8 heteroatoms. The lowest BCUT2D eigenvalue weighted by atomic mass is 10.1. The van der Waals surface area contributed by atoms with Gasteiger partial charge >= 0.3 is 5.69 Å². The second kappa shape index (κ2) is 8.24. The first kappa shape index (κ1) is 21.2. The van der Waals surface area contributed by atoms with Crippen molar-refractivity contribution in [3.05, 3.63) is 44.6 Å². The molecule has 3 heterocycles. The van der Waals surface area contributed by atoms with E-state index >= 15 is 0 Å². The zero-order valence-corrected chi connectivity index (χ0v) is 19.0. The van der Waals surface area contributed by atoms with Gasteiger partial charge in [-0.3, -0.25) is 13.9 Å². The van der Waals surface area contributed by atoms with Crippen LogP contribution in [0.3, 0.4) is 0 Å². The first-order valence-corrected chi connectivity index (χ1v) is 11.0. The van der Waals surface area contributed by atoms with Crippen LogP contribution in [0.4, 0.5) is 11.6 Å². The molecule has 0 N–H and O–H groups in total. The maximum absolute atomic E-state index is 13.4. The van der Waals surface area contributed by atoms with E-state index in [1.165, 1.54) is 9.13 Å². The van der Waals surface area contributed by atoms with Gasteiger partial charge in [-0.25, -0.2) is 4.79 Å². The molecule has 1 atom stereocenters.